The van der Waals surface area contributed by atoms with Gasteiger partial charge in [-0.2, -0.15) is 0 Å². The van der Waals surface area contributed by atoms with Crippen molar-refractivity contribution in [2.45, 2.75) is 120 Å². The van der Waals surface area contributed by atoms with Gasteiger partial charge in [-0.1, -0.05) is 117 Å². The summed E-state index contributed by atoms with van der Waals surface area (Å²) >= 11 is 0. The van der Waals surface area contributed by atoms with Gasteiger partial charge >= 0.3 is 0 Å². The zero-order valence-corrected chi connectivity index (χ0v) is 41.5. The van der Waals surface area contributed by atoms with Gasteiger partial charge in [-0.05, 0) is 108 Å². The minimum atomic E-state index is -1.71. The number of aryl methyl sites for hydroxylation is 4. The monoisotopic (exact) mass is 816 g/mol. The SMILES string of the molecule is CO.CO.Cc1cc(C)c(O)c([Si](C)(C)C2C(C)C(C)C(C)C2C)c1.Cc1cc(C)c(O)c([Si](C)(C)C2C(C)C(C)C(C)C2C)c1.O.[CH3-].[CH3-].[Ti].[Ti]. The predicted molar refractivity (Wildman–Crippen MR) is 223 cm³/mol. The summed E-state index contributed by atoms with van der Waals surface area (Å²) in [5.41, 5.74) is 6.11. The van der Waals surface area contributed by atoms with Crippen LogP contribution in [0.4, 0.5) is 0 Å². The van der Waals surface area contributed by atoms with E-state index >= 15 is 0 Å². The van der Waals surface area contributed by atoms with E-state index in [0.717, 1.165) is 83.8 Å². The first-order valence-electron chi connectivity index (χ1n) is 17.7. The number of hydrogen-bond acceptors (Lipinski definition) is 4. The van der Waals surface area contributed by atoms with Crippen LogP contribution in [0.1, 0.15) is 77.6 Å². The van der Waals surface area contributed by atoms with Gasteiger partial charge < -0.3 is 40.8 Å². The summed E-state index contributed by atoms with van der Waals surface area (Å²) in [5.74, 6) is 7.24. The van der Waals surface area contributed by atoms with Crippen molar-refractivity contribution in [2.75, 3.05) is 14.2 Å². The Labute approximate surface area is 348 Å². The number of rotatable bonds is 4. The molecule has 0 saturated heterocycles. The molecule has 2 aliphatic rings. The molecular weight excluding hydrogens is 736 g/mol. The van der Waals surface area contributed by atoms with Crippen LogP contribution >= 0.6 is 0 Å². The Hall–Kier alpha value is -0.218. The summed E-state index contributed by atoms with van der Waals surface area (Å²) in [7, 11) is -1.43. The van der Waals surface area contributed by atoms with Crippen LogP contribution in [0.15, 0.2) is 24.3 Å². The van der Waals surface area contributed by atoms with E-state index in [9.17, 15) is 10.2 Å². The average Bonchev–Trinajstić information content (AvgIpc) is 3.32. The molecule has 4 rings (SSSR count). The second-order valence-electron chi connectivity index (χ2n) is 16.3. The van der Waals surface area contributed by atoms with Gasteiger partial charge in [0.2, 0.25) is 0 Å². The molecule has 0 spiro atoms. The molecule has 0 radical (unpaired) electrons. The predicted octanol–water partition coefficient (Wildman–Crippen LogP) is 8.99. The van der Waals surface area contributed by atoms with Gasteiger partial charge in [-0.3, -0.25) is 0 Å². The smallest absolute Gasteiger partial charge is 0.117 e. The molecule has 9 heteroatoms. The summed E-state index contributed by atoms with van der Waals surface area (Å²) < 4.78 is 0. The Morgan fingerprint density at radius 2 is 0.627 bits per heavy atom. The molecule has 296 valence electrons. The number of aliphatic hydroxyl groups is 2. The van der Waals surface area contributed by atoms with Crippen molar-refractivity contribution >= 4 is 26.5 Å². The van der Waals surface area contributed by atoms with E-state index in [1.54, 1.807) is 0 Å². The number of phenols is 2. The van der Waals surface area contributed by atoms with Crippen molar-refractivity contribution in [3.63, 3.8) is 0 Å². The third-order valence-corrected chi connectivity index (χ3v) is 22.2. The summed E-state index contributed by atoms with van der Waals surface area (Å²) in [6.45, 7) is 37.6. The van der Waals surface area contributed by atoms with Gasteiger partial charge in [-0.15, -0.1) is 0 Å². The summed E-state index contributed by atoms with van der Waals surface area (Å²) in [6.07, 6.45) is 0. The van der Waals surface area contributed by atoms with Crippen molar-refractivity contribution in [2.24, 2.45) is 47.3 Å². The molecule has 0 aliphatic heterocycles. The van der Waals surface area contributed by atoms with Gasteiger partial charge in [0.05, 0.1) is 16.1 Å². The molecular formula is C42H80O5Si2Ti2-2. The zero-order valence-electron chi connectivity index (χ0n) is 36.4. The molecule has 2 saturated carbocycles. The molecule has 2 aliphatic carbocycles. The topological polar surface area (TPSA) is 112 Å². The van der Waals surface area contributed by atoms with E-state index in [4.69, 9.17) is 10.2 Å². The summed E-state index contributed by atoms with van der Waals surface area (Å²) in [5, 5.41) is 37.9. The summed E-state index contributed by atoms with van der Waals surface area (Å²) in [4.78, 5) is 0. The first kappa shape index (κ1) is 60.0. The minimum Gasteiger partial charge on any atom is -0.508 e. The quantitative estimate of drug-likeness (QED) is 0.182. The van der Waals surface area contributed by atoms with Crippen molar-refractivity contribution in [1.82, 2.24) is 0 Å². The fourth-order valence-electron chi connectivity index (χ4n) is 10.1. The van der Waals surface area contributed by atoms with Gasteiger partial charge in [0.15, 0.2) is 0 Å². The Morgan fingerprint density at radius 3 is 0.824 bits per heavy atom. The van der Waals surface area contributed by atoms with Crippen LogP contribution in [-0.4, -0.2) is 56.3 Å². The Kier molecular flexibility index (Phi) is 28.6. The third-order valence-electron chi connectivity index (χ3n) is 13.2. The van der Waals surface area contributed by atoms with E-state index in [1.165, 1.54) is 21.5 Å². The van der Waals surface area contributed by atoms with E-state index < -0.39 is 16.1 Å². The second kappa shape index (κ2) is 24.3. The third kappa shape index (κ3) is 12.4. The number of phenolic OH excluding ortho intramolecular Hbond substituents is 2. The Balaban J connectivity index is -0.000000231. The van der Waals surface area contributed by atoms with Gasteiger partial charge in [0, 0.05) is 57.7 Å². The maximum Gasteiger partial charge on any atom is 0.117 e. The molecule has 2 aromatic rings. The first-order valence-corrected chi connectivity index (χ1v) is 23.8. The van der Waals surface area contributed by atoms with Crippen molar-refractivity contribution in [3.8, 4) is 11.5 Å². The molecule has 2 aromatic carbocycles. The molecule has 6 N–H and O–H groups in total. The Bertz CT molecular complexity index is 1160. The van der Waals surface area contributed by atoms with Crippen LogP contribution in [0.3, 0.4) is 0 Å². The van der Waals surface area contributed by atoms with Crippen LogP contribution in [-0.2, 0) is 43.4 Å². The minimum absolute atomic E-state index is 0. The van der Waals surface area contributed by atoms with Gasteiger partial charge in [0.1, 0.15) is 11.5 Å². The van der Waals surface area contributed by atoms with Gasteiger partial charge in [-0.25, -0.2) is 0 Å². The molecule has 0 heterocycles. The zero-order chi connectivity index (χ0) is 36.2. The fourth-order valence-corrected chi connectivity index (χ4v) is 20.1. The number of aliphatic hydroxyl groups excluding tert-OH is 2. The molecule has 2 fully saturated rings. The van der Waals surface area contributed by atoms with Crippen molar-refractivity contribution < 1.29 is 69.3 Å². The standard InChI is InChI=1S/2C19H32OSi.2CH4O.2CH3.H2O.2Ti/c2*1-11-9-12(2)18(20)17(10-11)21(7,8)19-15(5)13(3)14(4)16(19)6;2*1-2;;;;;/h2*9-10,13-16,19-20H,1-8H3;2*2H,1H3;2*1H3;1H2;;/q;;;;2*-1;;;. The van der Waals surface area contributed by atoms with E-state index in [2.05, 4.69) is 120 Å². The number of benzene rings is 2. The number of hydrogen-bond donors (Lipinski definition) is 4. The first-order chi connectivity index (χ1) is 21.2. The molecule has 8 atom stereocenters. The molecule has 0 amide bonds. The van der Waals surface area contributed by atoms with Crippen LogP contribution < -0.4 is 10.4 Å². The second-order valence-corrected chi connectivity index (χ2v) is 25.6. The maximum atomic E-state index is 10.7. The summed E-state index contributed by atoms with van der Waals surface area (Å²) in [6, 6.07) is 8.69. The molecule has 51 heavy (non-hydrogen) atoms. The van der Waals surface area contributed by atoms with Crippen LogP contribution in [0, 0.1) is 89.9 Å². The molecule has 8 unspecified atom stereocenters. The Morgan fingerprint density at radius 1 is 0.431 bits per heavy atom. The van der Waals surface area contributed by atoms with Gasteiger partial charge in [0.25, 0.3) is 0 Å². The fraction of sp³-hybridized carbons (Fsp3) is 0.667. The molecule has 5 nitrogen and oxygen atoms in total. The van der Waals surface area contributed by atoms with Crippen LogP contribution in [0.25, 0.3) is 0 Å². The largest absolute Gasteiger partial charge is 0.508 e. The van der Waals surface area contributed by atoms with Crippen LogP contribution in [0.5, 0.6) is 11.5 Å². The maximum absolute atomic E-state index is 10.7. The van der Waals surface area contributed by atoms with Crippen molar-refractivity contribution in [3.05, 3.63) is 61.4 Å². The van der Waals surface area contributed by atoms with E-state index in [-0.39, 0.29) is 63.8 Å². The average molecular weight is 817 g/mol. The number of aromatic hydroxyl groups is 2. The van der Waals surface area contributed by atoms with E-state index in [0.29, 0.717) is 11.5 Å². The molecule has 0 bridgehead atoms. The molecule has 0 aromatic heterocycles. The van der Waals surface area contributed by atoms with Crippen molar-refractivity contribution in [1.29, 1.82) is 0 Å². The van der Waals surface area contributed by atoms with E-state index in [1.807, 2.05) is 13.8 Å². The normalized spacial score (nSPS) is 27.8. The van der Waals surface area contributed by atoms with Crippen LogP contribution in [0.2, 0.25) is 37.3 Å².